The Bertz CT molecular complexity index is 949. The summed E-state index contributed by atoms with van der Waals surface area (Å²) in [5.74, 6) is -0.821. The number of carbonyl (C=O) groups excluding carboxylic acids is 2. The molecule has 0 aliphatic rings. The number of aromatic nitrogens is 1. The molecule has 5 N–H and O–H groups in total. The molecule has 120 valence electrons. The molecule has 0 fully saturated rings. The average Bonchev–Trinajstić information content (AvgIpc) is 2.55. The lowest BCUT2D eigenvalue weighted by molar-refractivity contribution is 0.0995. The molecule has 2 aromatic carbocycles. The molecule has 0 spiro atoms. The number of primary amides is 1. The molecule has 0 atom stereocenters. The van der Waals surface area contributed by atoms with E-state index in [1.807, 2.05) is 13.0 Å². The van der Waals surface area contributed by atoms with Gasteiger partial charge in [-0.3, -0.25) is 14.6 Å². The van der Waals surface area contributed by atoms with Crippen molar-refractivity contribution in [3.05, 3.63) is 65.4 Å². The van der Waals surface area contributed by atoms with Gasteiger partial charge in [-0.1, -0.05) is 0 Å². The number of carbonyl (C=O) groups is 2. The van der Waals surface area contributed by atoms with Crippen LogP contribution in [0.3, 0.4) is 0 Å². The van der Waals surface area contributed by atoms with Crippen LogP contribution in [0.25, 0.3) is 10.9 Å². The Balaban J connectivity index is 1.86. The van der Waals surface area contributed by atoms with E-state index in [4.69, 9.17) is 11.5 Å². The van der Waals surface area contributed by atoms with Crippen LogP contribution in [0.1, 0.15) is 26.4 Å². The number of rotatable bonds is 3. The maximum absolute atomic E-state index is 12.3. The molecule has 0 unspecified atom stereocenters. The Morgan fingerprint density at radius 1 is 1.00 bits per heavy atom. The lowest BCUT2D eigenvalue weighted by atomic mass is 10.1. The number of anilines is 2. The smallest absolute Gasteiger partial charge is 0.255 e. The summed E-state index contributed by atoms with van der Waals surface area (Å²) in [5.41, 5.74) is 14.8. The zero-order chi connectivity index (χ0) is 17.3. The van der Waals surface area contributed by atoms with E-state index in [1.54, 1.807) is 30.3 Å². The minimum absolute atomic E-state index is 0.288. The molecule has 0 aliphatic heterocycles. The van der Waals surface area contributed by atoms with Crippen molar-refractivity contribution in [2.75, 3.05) is 11.1 Å². The van der Waals surface area contributed by atoms with Gasteiger partial charge in [-0.05, 0) is 55.5 Å². The van der Waals surface area contributed by atoms with E-state index in [0.717, 1.165) is 16.6 Å². The quantitative estimate of drug-likeness (QED) is 0.688. The third kappa shape index (κ3) is 3.03. The number of pyridine rings is 1. The Morgan fingerprint density at radius 3 is 2.33 bits per heavy atom. The van der Waals surface area contributed by atoms with Crippen LogP contribution in [0.15, 0.2) is 48.5 Å². The number of hydrogen-bond acceptors (Lipinski definition) is 4. The summed E-state index contributed by atoms with van der Waals surface area (Å²) in [6.07, 6.45) is 0. The highest BCUT2D eigenvalue weighted by Gasteiger charge is 2.09. The second-order valence-corrected chi connectivity index (χ2v) is 5.48. The van der Waals surface area contributed by atoms with Crippen molar-refractivity contribution in [3.8, 4) is 0 Å². The van der Waals surface area contributed by atoms with Crippen molar-refractivity contribution in [1.82, 2.24) is 4.98 Å². The van der Waals surface area contributed by atoms with Gasteiger partial charge in [0.2, 0.25) is 5.91 Å². The van der Waals surface area contributed by atoms with Crippen molar-refractivity contribution in [1.29, 1.82) is 0 Å². The highest BCUT2D eigenvalue weighted by atomic mass is 16.2. The predicted octanol–water partition coefficient (Wildman–Crippen LogP) is 2.48. The fraction of sp³-hybridized carbons (Fsp3) is 0.0556. The average molecular weight is 320 g/mol. The van der Waals surface area contributed by atoms with E-state index in [9.17, 15) is 9.59 Å². The number of hydrogen-bond donors (Lipinski definition) is 3. The maximum atomic E-state index is 12.3. The molecule has 2 amide bonds. The van der Waals surface area contributed by atoms with Crippen molar-refractivity contribution in [2.45, 2.75) is 6.92 Å². The second-order valence-electron chi connectivity index (χ2n) is 5.48. The van der Waals surface area contributed by atoms with Gasteiger partial charge in [-0.15, -0.1) is 0 Å². The predicted molar refractivity (Wildman–Crippen MR) is 93.8 cm³/mol. The first-order chi connectivity index (χ1) is 11.4. The molecule has 0 saturated carbocycles. The Labute approximate surface area is 138 Å². The van der Waals surface area contributed by atoms with Crippen LogP contribution >= 0.6 is 0 Å². The van der Waals surface area contributed by atoms with Gasteiger partial charge in [0, 0.05) is 33.6 Å². The summed E-state index contributed by atoms with van der Waals surface area (Å²) >= 11 is 0. The maximum Gasteiger partial charge on any atom is 0.255 e. The van der Waals surface area contributed by atoms with E-state index >= 15 is 0 Å². The minimum atomic E-state index is -0.533. The number of nitrogens with one attached hydrogen (secondary N) is 1. The summed E-state index contributed by atoms with van der Waals surface area (Å²) in [6, 6.07) is 13.3. The molecule has 0 aliphatic carbocycles. The van der Waals surface area contributed by atoms with Gasteiger partial charge < -0.3 is 16.8 Å². The monoisotopic (exact) mass is 320 g/mol. The molecule has 3 aromatic rings. The van der Waals surface area contributed by atoms with Crippen LogP contribution in [-0.2, 0) is 0 Å². The van der Waals surface area contributed by atoms with Gasteiger partial charge in [0.25, 0.3) is 5.91 Å². The third-order valence-corrected chi connectivity index (χ3v) is 3.66. The number of nitrogens with two attached hydrogens (primary N) is 2. The lowest BCUT2D eigenvalue weighted by Crippen LogP contribution is -2.14. The van der Waals surface area contributed by atoms with E-state index in [0.29, 0.717) is 22.5 Å². The van der Waals surface area contributed by atoms with Gasteiger partial charge in [-0.2, -0.15) is 0 Å². The topological polar surface area (TPSA) is 111 Å². The van der Waals surface area contributed by atoms with Crippen LogP contribution < -0.4 is 16.8 Å². The van der Waals surface area contributed by atoms with Crippen LogP contribution in [0.2, 0.25) is 0 Å². The van der Waals surface area contributed by atoms with E-state index in [2.05, 4.69) is 10.3 Å². The zero-order valence-electron chi connectivity index (χ0n) is 13.0. The van der Waals surface area contributed by atoms with Crippen LogP contribution in [0.4, 0.5) is 11.4 Å². The van der Waals surface area contributed by atoms with E-state index in [1.165, 1.54) is 12.1 Å². The lowest BCUT2D eigenvalue weighted by Gasteiger charge is -2.09. The molecule has 0 radical (unpaired) electrons. The first-order valence-electron chi connectivity index (χ1n) is 7.32. The number of benzene rings is 2. The molecule has 24 heavy (non-hydrogen) atoms. The standard InChI is InChI=1S/C18H16N4O2/c1-10-8-15(19)14-9-13(6-7-16(14)21-10)22-18(24)12-4-2-11(3-5-12)17(20)23/h2-9H,1H3,(H2,19,21)(H2,20,23)(H,22,24). The SMILES string of the molecule is Cc1cc(N)c2cc(NC(=O)c3ccc(C(N)=O)cc3)ccc2n1. The Hall–Kier alpha value is -3.41. The molecule has 0 bridgehead atoms. The number of amides is 2. The number of aryl methyl sites for hydroxylation is 1. The fourth-order valence-electron chi connectivity index (χ4n) is 2.46. The second kappa shape index (κ2) is 6.00. The molecule has 0 saturated heterocycles. The zero-order valence-corrected chi connectivity index (χ0v) is 13.0. The number of nitrogen functional groups attached to an aromatic ring is 1. The van der Waals surface area contributed by atoms with Gasteiger partial charge in [-0.25, -0.2) is 0 Å². The summed E-state index contributed by atoms with van der Waals surface area (Å²) in [5, 5.41) is 3.58. The number of fused-ring (bicyclic) bond motifs is 1. The van der Waals surface area contributed by atoms with Crippen LogP contribution in [0.5, 0.6) is 0 Å². The Morgan fingerprint density at radius 2 is 1.67 bits per heavy atom. The van der Waals surface area contributed by atoms with E-state index < -0.39 is 5.91 Å². The molecule has 6 nitrogen and oxygen atoms in total. The van der Waals surface area contributed by atoms with Crippen molar-refractivity contribution < 1.29 is 9.59 Å². The summed E-state index contributed by atoms with van der Waals surface area (Å²) in [7, 11) is 0. The highest BCUT2D eigenvalue weighted by molar-refractivity contribution is 6.06. The minimum Gasteiger partial charge on any atom is -0.398 e. The molecular formula is C18H16N4O2. The van der Waals surface area contributed by atoms with Crippen LogP contribution in [0, 0.1) is 6.92 Å². The first-order valence-corrected chi connectivity index (χ1v) is 7.32. The molecular weight excluding hydrogens is 304 g/mol. The highest BCUT2D eigenvalue weighted by Crippen LogP contribution is 2.24. The van der Waals surface area contributed by atoms with E-state index in [-0.39, 0.29) is 5.91 Å². The van der Waals surface area contributed by atoms with Crippen molar-refractivity contribution in [3.63, 3.8) is 0 Å². The first kappa shape index (κ1) is 15.5. The fourth-order valence-corrected chi connectivity index (χ4v) is 2.46. The third-order valence-electron chi connectivity index (χ3n) is 3.66. The van der Waals surface area contributed by atoms with Gasteiger partial charge in [0.05, 0.1) is 5.52 Å². The molecule has 1 heterocycles. The van der Waals surface area contributed by atoms with Gasteiger partial charge in [0.15, 0.2) is 0 Å². The Kier molecular flexibility index (Phi) is 3.87. The summed E-state index contributed by atoms with van der Waals surface area (Å²) in [6.45, 7) is 1.88. The normalized spacial score (nSPS) is 10.5. The van der Waals surface area contributed by atoms with Crippen LogP contribution in [-0.4, -0.2) is 16.8 Å². The summed E-state index contributed by atoms with van der Waals surface area (Å²) in [4.78, 5) is 27.8. The largest absolute Gasteiger partial charge is 0.398 e. The van der Waals surface area contributed by atoms with Crippen molar-refractivity contribution >= 4 is 34.1 Å². The van der Waals surface area contributed by atoms with Gasteiger partial charge in [0.1, 0.15) is 0 Å². The van der Waals surface area contributed by atoms with Gasteiger partial charge >= 0.3 is 0 Å². The number of nitrogens with zero attached hydrogens (tertiary/aromatic N) is 1. The molecule has 3 rings (SSSR count). The summed E-state index contributed by atoms with van der Waals surface area (Å²) < 4.78 is 0. The molecule has 6 heteroatoms. The van der Waals surface area contributed by atoms with Crippen molar-refractivity contribution in [2.24, 2.45) is 5.73 Å². The molecule has 1 aromatic heterocycles.